The second-order valence-electron chi connectivity index (χ2n) is 4.63. The number of hydrogen-bond donors (Lipinski definition) is 3. The molecule has 0 radical (unpaired) electrons. The molecule has 8 heteroatoms. The van der Waals surface area contributed by atoms with Gasteiger partial charge in [0.15, 0.2) is 0 Å². The molecule has 7 nitrogen and oxygen atoms in total. The van der Waals surface area contributed by atoms with Crippen LogP contribution in [0.25, 0.3) is 0 Å². The highest BCUT2D eigenvalue weighted by atomic mass is 35.5. The summed E-state index contributed by atoms with van der Waals surface area (Å²) in [6.07, 6.45) is 0.406. The van der Waals surface area contributed by atoms with Gasteiger partial charge in [-0.25, -0.2) is 4.79 Å². The SMILES string of the molecule is O=C(Nc1ccc(Cl)c([N+](=O)[O-])c1)Nc1ccccc1CCO. The Morgan fingerprint density at radius 3 is 2.65 bits per heavy atom. The normalized spacial score (nSPS) is 10.2. The van der Waals surface area contributed by atoms with Gasteiger partial charge in [0, 0.05) is 24.0 Å². The maximum atomic E-state index is 12.0. The highest BCUT2D eigenvalue weighted by Gasteiger charge is 2.14. The van der Waals surface area contributed by atoms with Crippen LogP contribution in [0.2, 0.25) is 5.02 Å². The van der Waals surface area contributed by atoms with Crippen molar-refractivity contribution in [3.8, 4) is 0 Å². The molecule has 0 heterocycles. The Kier molecular flexibility index (Phi) is 5.51. The number of benzene rings is 2. The zero-order valence-electron chi connectivity index (χ0n) is 12.0. The highest BCUT2D eigenvalue weighted by Crippen LogP contribution is 2.27. The Bertz CT molecular complexity index is 736. The molecule has 0 aliphatic carbocycles. The molecule has 0 spiro atoms. The molecule has 0 saturated heterocycles. The lowest BCUT2D eigenvalue weighted by atomic mass is 10.1. The molecule has 0 aliphatic heterocycles. The predicted molar refractivity (Wildman–Crippen MR) is 88.0 cm³/mol. The first-order chi connectivity index (χ1) is 11.0. The standard InChI is InChI=1S/C15H14ClN3O4/c16-12-6-5-11(9-14(12)19(22)23)17-15(21)18-13-4-2-1-3-10(13)7-8-20/h1-6,9,20H,7-8H2,(H2,17,18,21). The van der Waals surface area contributed by atoms with Crippen molar-refractivity contribution in [3.63, 3.8) is 0 Å². The number of rotatable bonds is 5. The molecule has 2 amide bonds. The van der Waals surface area contributed by atoms with Crippen molar-refractivity contribution in [2.45, 2.75) is 6.42 Å². The van der Waals surface area contributed by atoms with E-state index in [4.69, 9.17) is 16.7 Å². The quantitative estimate of drug-likeness (QED) is 0.575. The summed E-state index contributed by atoms with van der Waals surface area (Å²) in [5, 5.41) is 25.0. The number of nitro benzene ring substituents is 1. The van der Waals surface area contributed by atoms with Gasteiger partial charge in [-0.3, -0.25) is 10.1 Å². The van der Waals surface area contributed by atoms with Gasteiger partial charge in [-0.1, -0.05) is 29.8 Å². The number of aliphatic hydroxyl groups is 1. The molecule has 0 unspecified atom stereocenters. The number of nitrogens with zero attached hydrogens (tertiary/aromatic N) is 1. The van der Waals surface area contributed by atoms with Gasteiger partial charge in [-0.2, -0.15) is 0 Å². The minimum Gasteiger partial charge on any atom is -0.396 e. The van der Waals surface area contributed by atoms with E-state index in [2.05, 4.69) is 10.6 Å². The predicted octanol–water partition coefficient (Wildman–Crippen LogP) is 3.43. The Hall–Kier alpha value is -2.64. The van der Waals surface area contributed by atoms with Crippen molar-refractivity contribution in [2.75, 3.05) is 17.2 Å². The molecule has 0 bridgehead atoms. The molecule has 120 valence electrons. The van der Waals surface area contributed by atoms with E-state index in [1.54, 1.807) is 24.3 Å². The number of amides is 2. The van der Waals surface area contributed by atoms with Gasteiger partial charge in [-0.05, 0) is 30.2 Å². The number of carbonyl (C=O) groups excluding carboxylic acids is 1. The second kappa shape index (κ2) is 7.57. The monoisotopic (exact) mass is 335 g/mol. The molecule has 2 rings (SSSR count). The third-order valence-electron chi connectivity index (χ3n) is 3.05. The van der Waals surface area contributed by atoms with Crippen LogP contribution in [-0.4, -0.2) is 22.7 Å². The fourth-order valence-electron chi connectivity index (χ4n) is 2.00. The first-order valence-electron chi connectivity index (χ1n) is 6.72. The molecule has 23 heavy (non-hydrogen) atoms. The summed E-state index contributed by atoms with van der Waals surface area (Å²) >= 11 is 5.72. The van der Waals surface area contributed by atoms with Crippen molar-refractivity contribution >= 4 is 34.7 Å². The molecular weight excluding hydrogens is 322 g/mol. The van der Waals surface area contributed by atoms with Crippen LogP contribution in [0.15, 0.2) is 42.5 Å². The summed E-state index contributed by atoms with van der Waals surface area (Å²) in [5.41, 5.74) is 1.30. The summed E-state index contributed by atoms with van der Waals surface area (Å²) in [6, 6.07) is 10.5. The van der Waals surface area contributed by atoms with Crippen LogP contribution in [0.5, 0.6) is 0 Å². The summed E-state index contributed by atoms with van der Waals surface area (Å²) in [5.74, 6) is 0. The highest BCUT2D eigenvalue weighted by molar-refractivity contribution is 6.32. The lowest BCUT2D eigenvalue weighted by Crippen LogP contribution is -2.20. The lowest BCUT2D eigenvalue weighted by Gasteiger charge is -2.11. The van der Waals surface area contributed by atoms with Gasteiger partial charge in [0.05, 0.1) is 4.92 Å². The van der Waals surface area contributed by atoms with E-state index in [0.29, 0.717) is 12.1 Å². The van der Waals surface area contributed by atoms with Crippen LogP contribution in [0.3, 0.4) is 0 Å². The van der Waals surface area contributed by atoms with Gasteiger partial charge in [0.2, 0.25) is 0 Å². The van der Waals surface area contributed by atoms with Crippen molar-refractivity contribution in [3.05, 3.63) is 63.2 Å². The summed E-state index contributed by atoms with van der Waals surface area (Å²) in [6.45, 7) is -0.0380. The number of aliphatic hydroxyl groups excluding tert-OH is 1. The van der Waals surface area contributed by atoms with Crippen molar-refractivity contribution in [2.24, 2.45) is 0 Å². The van der Waals surface area contributed by atoms with Gasteiger partial charge >= 0.3 is 6.03 Å². The average Bonchev–Trinajstić information content (AvgIpc) is 2.51. The number of halogens is 1. The minimum atomic E-state index is -0.623. The zero-order valence-corrected chi connectivity index (χ0v) is 12.7. The van der Waals surface area contributed by atoms with Crippen molar-refractivity contribution in [1.82, 2.24) is 0 Å². The van der Waals surface area contributed by atoms with Crippen LogP contribution >= 0.6 is 11.6 Å². The Morgan fingerprint density at radius 2 is 1.96 bits per heavy atom. The number of nitrogens with one attached hydrogen (secondary N) is 2. The number of anilines is 2. The van der Waals surface area contributed by atoms with Gasteiger partial charge in [-0.15, -0.1) is 0 Å². The smallest absolute Gasteiger partial charge is 0.323 e. The Morgan fingerprint density at radius 1 is 1.22 bits per heavy atom. The molecule has 0 aromatic heterocycles. The second-order valence-corrected chi connectivity index (χ2v) is 5.04. The number of hydrogen-bond acceptors (Lipinski definition) is 4. The maximum Gasteiger partial charge on any atom is 0.323 e. The maximum absolute atomic E-state index is 12.0. The molecule has 2 aromatic rings. The molecule has 0 fully saturated rings. The molecular formula is C15H14ClN3O4. The van der Waals surface area contributed by atoms with Crippen molar-refractivity contribution < 1.29 is 14.8 Å². The zero-order chi connectivity index (χ0) is 16.8. The minimum absolute atomic E-state index is 0.00532. The number of para-hydroxylation sites is 1. The third kappa shape index (κ3) is 4.41. The van der Waals surface area contributed by atoms with Gasteiger partial charge in [0.25, 0.3) is 5.69 Å². The summed E-state index contributed by atoms with van der Waals surface area (Å²) in [7, 11) is 0. The lowest BCUT2D eigenvalue weighted by molar-refractivity contribution is -0.384. The van der Waals surface area contributed by atoms with E-state index < -0.39 is 11.0 Å². The molecule has 0 atom stereocenters. The fourth-order valence-corrected chi connectivity index (χ4v) is 2.18. The topological polar surface area (TPSA) is 104 Å². The first kappa shape index (κ1) is 16.7. The summed E-state index contributed by atoms with van der Waals surface area (Å²) < 4.78 is 0. The van der Waals surface area contributed by atoms with E-state index in [9.17, 15) is 14.9 Å². The Labute approximate surface area is 137 Å². The first-order valence-corrected chi connectivity index (χ1v) is 7.09. The number of nitro groups is 1. The van der Waals surface area contributed by atoms with E-state index in [1.165, 1.54) is 18.2 Å². The number of urea groups is 1. The Balaban J connectivity index is 2.11. The third-order valence-corrected chi connectivity index (χ3v) is 3.37. The van der Waals surface area contributed by atoms with Crippen LogP contribution in [0.1, 0.15) is 5.56 Å². The van der Waals surface area contributed by atoms with Crippen LogP contribution in [-0.2, 0) is 6.42 Å². The molecule has 0 saturated carbocycles. The summed E-state index contributed by atoms with van der Waals surface area (Å²) in [4.78, 5) is 22.2. The van der Waals surface area contributed by atoms with E-state index >= 15 is 0 Å². The fraction of sp³-hybridized carbons (Fsp3) is 0.133. The van der Waals surface area contributed by atoms with Crippen LogP contribution < -0.4 is 10.6 Å². The van der Waals surface area contributed by atoms with E-state index in [0.717, 1.165) is 5.56 Å². The average molecular weight is 336 g/mol. The van der Waals surface area contributed by atoms with Crippen LogP contribution in [0, 0.1) is 10.1 Å². The van der Waals surface area contributed by atoms with E-state index in [1.807, 2.05) is 0 Å². The van der Waals surface area contributed by atoms with Crippen molar-refractivity contribution in [1.29, 1.82) is 0 Å². The number of carbonyl (C=O) groups is 1. The molecule has 2 aromatic carbocycles. The van der Waals surface area contributed by atoms with Gasteiger partial charge < -0.3 is 15.7 Å². The van der Waals surface area contributed by atoms with Gasteiger partial charge in [0.1, 0.15) is 5.02 Å². The van der Waals surface area contributed by atoms with Crippen LogP contribution in [0.4, 0.5) is 21.9 Å². The molecule has 0 aliphatic rings. The van der Waals surface area contributed by atoms with E-state index in [-0.39, 0.29) is 23.0 Å². The largest absolute Gasteiger partial charge is 0.396 e. The molecule has 3 N–H and O–H groups in total.